The second-order valence-corrected chi connectivity index (χ2v) is 22.6. The summed E-state index contributed by atoms with van der Waals surface area (Å²) < 4.78 is 13.5. The van der Waals surface area contributed by atoms with Gasteiger partial charge in [-0.15, -0.1) is 6.58 Å². The van der Waals surface area contributed by atoms with Crippen LogP contribution in [0.3, 0.4) is 0 Å². The highest BCUT2D eigenvalue weighted by atomic mass is 28.4. The van der Waals surface area contributed by atoms with Crippen LogP contribution in [0.2, 0.25) is 36.3 Å². The molecule has 1 aromatic rings. The van der Waals surface area contributed by atoms with Crippen molar-refractivity contribution >= 4 is 16.6 Å². The summed E-state index contributed by atoms with van der Waals surface area (Å²) in [6.45, 7) is 30.8. The Balaban J connectivity index is 3.16. The van der Waals surface area contributed by atoms with Crippen molar-refractivity contribution in [3.8, 4) is 0 Å². The molecule has 1 N–H and O–H groups in total. The fraction of sp³-hybridized carbons (Fsp3) is 0.714. The predicted octanol–water partition coefficient (Wildman–Crippen LogP) is 8.48. The molecule has 0 aliphatic rings. The van der Waals surface area contributed by atoms with Gasteiger partial charge in [0.2, 0.25) is 0 Å². The van der Waals surface area contributed by atoms with Gasteiger partial charge in [0.25, 0.3) is 0 Å². The van der Waals surface area contributed by atoms with Gasteiger partial charge < -0.3 is 14.2 Å². The van der Waals surface area contributed by atoms with Gasteiger partial charge in [-0.05, 0) is 68.0 Å². The van der Waals surface area contributed by atoms with E-state index < -0.39 is 16.6 Å². The van der Waals surface area contributed by atoms with Gasteiger partial charge in [-0.25, -0.2) is 0 Å². The Morgan fingerprint density at radius 3 is 1.88 bits per heavy atom. The molecule has 0 aromatic heterocycles. The van der Waals surface area contributed by atoms with Gasteiger partial charge in [0.1, 0.15) is 0 Å². The molecule has 0 spiro atoms. The van der Waals surface area contributed by atoms with E-state index in [0.717, 1.165) is 19.3 Å². The lowest BCUT2D eigenvalue weighted by atomic mass is 9.93. The van der Waals surface area contributed by atoms with Gasteiger partial charge in [0.05, 0.1) is 19.3 Å². The summed E-state index contributed by atoms with van der Waals surface area (Å²) in [5.74, 6) is 0. The van der Waals surface area contributed by atoms with Crippen LogP contribution < -0.4 is 5.32 Å². The molecule has 0 fully saturated rings. The first-order chi connectivity index (χ1) is 14.9. The van der Waals surface area contributed by atoms with Crippen LogP contribution in [-0.2, 0) is 8.85 Å². The van der Waals surface area contributed by atoms with Crippen molar-refractivity contribution in [1.29, 1.82) is 0 Å². The van der Waals surface area contributed by atoms with E-state index in [1.54, 1.807) is 0 Å². The van der Waals surface area contributed by atoms with Gasteiger partial charge in [0, 0.05) is 5.54 Å². The van der Waals surface area contributed by atoms with Crippen LogP contribution >= 0.6 is 0 Å². The molecule has 0 aliphatic heterocycles. The van der Waals surface area contributed by atoms with Crippen molar-refractivity contribution < 1.29 is 8.85 Å². The molecule has 0 saturated carbocycles. The van der Waals surface area contributed by atoms with Crippen molar-refractivity contribution in [2.45, 2.75) is 116 Å². The number of benzene rings is 1. The highest BCUT2D eigenvalue weighted by molar-refractivity contribution is 6.74. The van der Waals surface area contributed by atoms with Crippen molar-refractivity contribution in [2.75, 3.05) is 13.2 Å². The van der Waals surface area contributed by atoms with E-state index in [4.69, 9.17) is 8.85 Å². The molecule has 0 heterocycles. The van der Waals surface area contributed by atoms with Gasteiger partial charge in [-0.2, -0.15) is 0 Å². The Morgan fingerprint density at radius 1 is 0.879 bits per heavy atom. The van der Waals surface area contributed by atoms with Crippen LogP contribution in [0.1, 0.15) is 79.3 Å². The normalized spacial score (nSPS) is 16.3. The third kappa shape index (κ3) is 9.44. The number of rotatable bonds is 13. The molecule has 1 rings (SSSR count). The minimum absolute atomic E-state index is 0.122. The van der Waals surface area contributed by atoms with Crippen molar-refractivity contribution in [3.63, 3.8) is 0 Å². The third-order valence-electron chi connectivity index (χ3n) is 7.84. The molecular weight excluding hydrogens is 438 g/mol. The smallest absolute Gasteiger partial charge is 0.192 e. The summed E-state index contributed by atoms with van der Waals surface area (Å²) >= 11 is 0. The van der Waals surface area contributed by atoms with E-state index in [9.17, 15) is 0 Å². The van der Waals surface area contributed by atoms with E-state index in [-0.39, 0.29) is 21.7 Å². The van der Waals surface area contributed by atoms with E-state index in [1.165, 1.54) is 5.56 Å². The number of hydrogen-bond donors (Lipinski definition) is 1. The standard InChI is InChI=1S/C28H53NO2Si2/c1-13-14-18-21-28(8,23-31-33(11,12)27(5,6)7)29-25(24-19-16-15-17-20-24)22-30-32(9,10)26(2,3)4/h13,15-17,19-20,25,29H,1,14,18,21-23H2,2-12H3/t25-,28+/m0/s1. The first kappa shape index (κ1) is 30.3. The minimum atomic E-state index is -1.86. The summed E-state index contributed by atoms with van der Waals surface area (Å²) in [4.78, 5) is 0. The van der Waals surface area contributed by atoms with Crippen LogP contribution in [-0.4, -0.2) is 35.4 Å². The van der Waals surface area contributed by atoms with Crippen LogP contribution in [0, 0.1) is 0 Å². The van der Waals surface area contributed by atoms with Crippen LogP contribution in [0.15, 0.2) is 43.0 Å². The van der Waals surface area contributed by atoms with Gasteiger partial charge in [0.15, 0.2) is 16.6 Å². The number of allylic oxidation sites excluding steroid dienone is 1. The second kappa shape index (κ2) is 11.8. The first-order valence-electron chi connectivity index (χ1n) is 12.7. The SMILES string of the molecule is C=CCCC[C@](C)(CO[Si](C)(C)C(C)(C)C)N[C@@H](CO[Si](C)(C)C(C)(C)C)c1ccccc1. The topological polar surface area (TPSA) is 30.5 Å². The van der Waals surface area contributed by atoms with Crippen molar-refractivity contribution in [2.24, 2.45) is 0 Å². The Kier molecular flexibility index (Phi) is 10.8. The maximum atomic E-state index is 6.74. The first-order valence-corrected chi connectivity index (χ1v) is 18.5. The maximum Gasteiger partial charge on any atom is 0.192 e. The lowest BCUT2D eigenvalue weighted by molar-refractivity contribution is 0.135. The Bertz CT molecular complexity index is 720. The minimum Gasteiger partial charge on any atom is -0.415 e. The highest BCUT2D eigenvalue weighted by Gasteiger charge is 2.41. The van der Waals surface area contributed by atoms with Crippen LogP contribution in [0.25, 0.3) is 0 Å². The van der Waals surface area contributed by atoms with Crippen LogP contribution in [0.5, 0.6) is 0 Å². The Morgan fingerprint density at radius 2 is 1.39 bits per heavy atom. The molecule has 5 heteroatoms. The van der Waals surface area contributed by atoms with E-state index >= 15 is 0 Å². The molecule has 0 aliphatic carbocycles. The molecule has 0 unspecified atom stereocenters. The fourth-order valence-corrected chi connectivity index (χ4v) is 5.34. The zero-order valence-corrected chi connectivity index (χ0v) is 25.6. The Hall–Kier alpha value is -0.726. The monoisotopic (exact) mass is 491 g/mol. The average Bonchev–Trinajstić information content (AvgIpc) is 2.69. The zero-order valence-electron chi connectivity index (χ0n) is 23.6. The predicted molar refractivity (Wildman–Crippen MR) is 151 cm³/mol. The van der Waals surface area contributed by atoms with Gasteiger partial charge in [-0.1, -0.05) is 78.0 Å². The molecule has 2 atom stereocenters. The molecule has 3 nitrogen and oxygen atoms in total. The van der Waals surface area contributed by atoms with Gasteiger partial charge in [-0.3, -0.25) is 0 Å². The van der Waals surface area contributed by atoms with Crippen LogP contribution in [0.4, 0.5) is 0 Å². The number of unbranched alkanes of at least 4 members (excludes halogenated alkanes) is 1. The quantitative estimate of drug-likeness (QED) is 0.170. The molecule has 190 valence electrons. The zero-order chi connectivity index (χ0) is 25.6. The Labute approximate surface area is 208 Å². The lowest BCUT2D eigenvalue weighted by Crippen LogP contribution is -2.53. The summed E-state index contributed by atoms with van der Waals surface area (Å²) in [7, 11) is -3.71. The fourth-order valence-electron chi connectivity index (χ4n) is 3.21. The summed E-state index contributed by atoms with van der Waals surface area (Å²) in [5.41, 5.74) is 1.13. The summed E-state index contributed by atoms with van der Waals surface area (Å²) in [6, 6.07) is 10.9. The van der Waals surface area contributed by atoms with E-state index in [2.05, 4.69) is 117 Å². The number of nitrogens with one attached hydrogen (secondary N) is 1. The molecule has 33 heavy (non-hydrogen) atoms. The molecule has 0 saturated heterocycles. The van der Waals surface area contributed by atoms with E-state index in [1.807, 2.05) is 6.08 Å². The largest absolute Gasteiger partial charge is 0.415 e. The number of hydrogen-bond acceptors (Lipinski definition) is 3. The molecular formula is C28H53NO2Si2. The summed E-state index contributed by atoms with van der Waals surface area (Å²) in [6.07, 6.45) is 5.17. The average molecular weight is 492 g/mol. The highest BCUT2D eigenvalue weighted by Crippen LogP contribution is 2.39. The van der Waals surface area contributed by atoms with Gasteiger partial charge >= 0.3 is 0 Å². The van der Waals surface area contributed by atoms with Crippen molar-refractivity contribution in [1.82, 2.24) is 5.32 Å². The summed E-state index contributed by atoms with van der Waals surface area (Å²) in [5, 5.41) is 4.40. The molecule has 0 bridgehead atoms. The lowest BCUT2D eigenvalue weighted by Gasteiger charge is -2.43. The second-order valence-electron chi connectivity index (χ2n) is 13.0. The van der Waals surface area contributed by atoms with E-state index in [0.29, 0.717) is 13.2 Å². The maximum absolute atomic E-state index is 6.74. The molecule has 0 amide bonds. The third-order valence-corrected chi connectivity index (χ3v) is 16.8. The van der Waals surface area contributed by atoms with Crippen molar-refractivity contribution in [3.05, 3.63) is 48.6 Å². The molecule has 1 aromatic carbocycles. The molecule has 0 radical (unpaired) electrons.